The van der Waals surface area contributed by atoms with Gasteiger partial charge in [0.2, 0.25) is 0 Å². The molecule has 6 heteroatoms. The maximum atomic E-state index is 13.7. The van der Waals surface area contributed by atoms with E-state index in [0.29, 0.717) is 34.3 Å². The van der Waals surface area contributed by atoms with Crippen molar-refractivity contribution in [3.8, 4) is 0 Å². The molecule has 1 aromatic carbocycles. The summed E-state index contributed by atoms with van der Waals surface area (Å²) in [6, 6.07) is 2.32. The van der Waals surface area contributed by atoms with Gasteiger partial charge in [-0.3, -0.25) is 4.79 Å². The highest BCUT2D eigenvalue weighted by Gasteiger charge is 2.14. The first-order chi connectivity index (χ1) is 8.41. The van der Waals surface area contributed by atoms with E-state index in [0.717, 1.165) is 0 Å². The van der Waals surface area contributed by atoms with Crippen LogP contribution in [0.2, 0.25) is 5.02 Å². The molecule has 18 heavy (non-hydrogen) atoms. The van der Waals surface area contributed by atoms with E-state index in [1.807, 2.05) is 0 Å². The number of benzene rings is 1. The number of halogens is 3. The standard InChI is InChI=1S/C12H14BrClFNO2/c13-8-6-10(15)7(5-9(8)14)11(16)3-1-2-4-12(17)18/h5-6,11H,1-4,16H2,(H,17,18). The molecular weight excluding hydrogens is 324 g/mol. The molecule has 1 unspecified atom stereocenters. The van der Waals surface area contributed by atoms with E-state index >= 15 is 0 Å². The minimum atomic E-state index is -0.832. The van der Waals surface area contributed by atoms with Gasteiger partial charge >= 0.3 is 5.97 Å². The molecule has 0 saturated carbocycles. The Morgan fingerprint density at radius 1 is 1.50 bits per heavy atom. The van der Waals surface area contributed by atoms with Crippen LogP contribution in [-0.4, -0.2) is 11.1 Å². The van der Waals surface area contributed by atoms with Crippen LogP contribution >= 0.6 is 27.5 Å². The van der Waals surface area contributed by atoms with Crippen molar-refractivity contribution in [1.29, 1.82) is 0 Å². The van der Waals surface area contributed by atoms with E-state index in [4.69, 9.17) is 22.4 Å². The van der Waals surface area contributed by atoms with Gasteiger partial charge in [0.15, 0.2) is 0 Å². The number of carboxylic acid groups (broad SMARTS) is 1. The van der Waals surface area contributed by atoms with Crippen molar-refractivity contribution in [2.24, 2.45) is 5.73 Å². The first-order valence-corrected chi connectivity index (χ1v) is 6.70. The Morgan fingerprint density at radius 2 is 2.17 bits per heavy atom. The quantitative estimate of drug-likeness (QED) is 0.611. The molecule has 1 rings (SSSR count). The molecule has 0 aliphatic heterocycles. The molecule has 3 N–H and O–H groups in total. The van der Waals surface area contributed by atoms with Crippen molar-refractivity contribution in [2.75, 3.05) is 0 Å². The SMILES string of the molecule is NC(CCCCC(=O)O)c1cc(Cl)c(Br)cc1F. The van der Waals surface area contributed by atoms with Crippen molar-refractivity contribution in [3.63, 3.8) is 0 Å². The van der Waals surface area contributed by atoms with Crippen LogP contribution in [0, 0.1) is 5.82 Å². The van der Waals surface area contributed by atoms with Gasteiger partial charge in [0.25, 0.3) is 0 Å². The van der Waals surface area contributed by atoms with Gasteiger partial charge < -0.3 is 10.8 Å². The number of hydrogen-bond donors (Lipinski definition) is 2. The zero-order chi connectivity index (χ0) is 13.7. The molecule has 1 atom stereocenters. The molecule has 0 radical (unpaired) electrons. The third kappa shape index (κ3) is 4.55. The number of nitrogens with two attached hydrogens (primary N) is 1. The molecule has 3 nitrogen and oxygen atoms in total. The molecule has 0 spiro atoms. The lowest BCUT2D eigenvalue weighted by Gasteiger charge is -2.13. The van der Waals surface area contributed by atoms with Crippen LogP contribution < -0.4 is 5.73 Å². The largest absolute Gasteiger partial charge is 0.481 e. The van der Waals surface area contributed by atoms with Gasteiger partial charge in [-0.2, -0.15) is 0 Å². The van der Waals surface area contributed by atoms with E-state index in [-0.39, 0.29) is 6.42 Å². The van der Waals surface area contributed by atoms with Crippen molar-refractivity contribution in [2.45, 2.75) is 31.7 Å². The van der Waals surface area contributed by atoms with Crippen LogP contribution in [0.4, 0.5) is 4.39 Å². The molecule has 0 saturated heterocycles. The van der Waals surface area contributed by atoms with E-state index in [9.17, 15) is 9.18 Å². The first kappa shape index (κ1) is 15.4. The van der Waals surface area contributed by atoms with E-state index in [2.05, 4.69) is 15.9 Å². The lowest BCUT2D eigenvalue weighted by Crippen LogP contribution is -2.12. The fourth-order valence-electron chi connectivity index (χ4n) is 1.62. The summed E-state index contributed by atoms with van der Waals surface area (Å²) >= 11 is 9.02. The number of hydrogen-bond acceptors (Lipinski definition) is 2. The highest BCUT2D eigenvalue weighted by molar-refractivity contribution is 9.10. The maximum Gasteiger partial charge on any atom is 0.303 e. The van der Waals surface area contributed by atoms with Crippen LogP contribution in [-0.2, 0) is 4.79 Å². The number of rotatable bonds is 6. The summed E-state index contributed by atoms with van der Waals surface area (Å²) < 4.78 is 14.1. The normalized spacial score (nSPS) is 12.4. The van der Waals surface area contributed by atoms with Gasteiger partial charge in [-0.15, -0.1) is 0 Å². The summed E-state index contributed by atoms with van der Waals surface area (Å²) in [5.41, 5.74) is 6.23. The second kappa shape index (κ2) is 7.07. The average Bonchev–Trinajstić information content (AvgIpc) is 2.28. The molecule has 0 aliphatic carbocycles. The summed E-state index contributed by atoms with van der Waals surface area (Å²) in [5.74, 6) is -1.24. The van der Waals surface area contributed by atoms with Crippen molar-refractivity contribution >= 4 is 33.5 Å². The summed E-state index contributed by atoms with van der Waals surface area (Å²) in [6.07, 6.45) is 1.81. The summed E-state index contributed by atoms with van der Waals surface area (Å²) in [4.78, 5) is 10.3. The van der Waals surface area contributed by atoms with Crippen molar-refractivity contribution in [1.82, 2.24) is 0 Å². The number of carbonyl (C=O) groups is 1. The molecule has 0 aliphatic rings. The molecule has 1 aromatic rings. The van der Waals surface area contributed by atoms with Crippen molar-refractivity contribution in [3.05, 3.63) is 33.0 Å². The van der Waals surface area contributed by atoms with Crippen LogP contribution in [0.5, 0.6) is 0 Å². The second-order valence-electron chi connectivity index (χ2n) is 4.03. The Morgan fingerprint density at radius 3 is 2.78 bits per heavy atom. The summed E-state index contributed by atoms with van der Waals surface area (Å²) in [6.45, 7) is 0. The second-order valence-corrected chi connectivity index (χ2v) is 5.30. The minimum absolute atomic E-state index is 0.107. The van der Waals surface area contributed by atoms with Gasteiger partial charge in [-0.05, 0) is 40.9 Å². The Balaban J connectivity index is 2.58. The molecule has 100 valence electrons. The number of carboxylic acids is 1. The van der Waals surface area contributed by atoms with Crippen LogP contribution in [0.15, 0.2) is 16.6 Å². The minimum Gasteiger partial charge on any atom is -0.481 e. The molecule has 0 aromatic heterocycles. The van der Waals surface area contributed by atoms with Gasteiger partial charge in [0.05, 0.1) is 5.02 Å². The number of unbranched alkanes of at least 4 members (excludes halogenated alkanes) is 1. The van der Waals surface area contributed by atoms with Gasteiger partial charge in [-0.25, -0.2) is 4.39 Å². The van der Waals surface area contributed by atoms with E-state index in [1.54, 1.807) is 0 Å². The molecular formula is C12H14BrClFNO2. The monoisotopic (exact) mass is 337 g/mol. The Hall–Kier alpha value is -0.650. The maximum absolute atomic E-state index is 13.7. The van der Waals surface area contributed by atoms with Crippen LogP contribution in [0.1, 0.15) is 37.3 Å². The third-order valence-corrected chi connectivity index (χ3v) is 3.79. The van der Waals surface area contributed by atoms with Crippen molar-refractivity contribution < 1.29 is 14.3 Å². The first-order valence-electron chi connectivity index (χ1n) is 5.53. The third-order valence-electron chi connectivity index (χ3n) is 2.59. The molecule has 0 heterocycles. The number of aliphatic carboxylic acids is 1. The summed E-state index contributed by atoms with van der Waals surface area (Å²) in [5, 5.41) is 8.90. The summed E-state index contributed by atoms with van der Waals surface area (Å²) in [7, 11) is 0. The predicted octanol–water partition coefficient (Wildman–Crippen LogP) is 3.89. The highest BCUT2D eigenvalue weighted by atomic mass is 79.9. The predicted molar refractivity (Wildman–Crippen MR) is 72.1 cm³/mol. The lowest BCUT2D eigenvalue weighted by molar-refractivity contribution is -0.137. The van der Waals surface area contributed by atoms with Gasteiger partial charge in [-0.1, -0.05) is 18.0 Å². The zero-order valence-electron chi connectivity index (χ0n) is 9.63. The van der Waals surface area contributed by atoms with E-state index in [1.165, 1.54) is 12.1 Å². The smallest absolute Gasteiger partial charge is 0.303 e. The average molecular weight is 339 g/mol. The topological polar surface area (TPSA) is 63.3 Å². The Bertz CT molecular complexity index is 442. The molecule has 0 amide bonds. The fourth-order valence-corrected chi connectivity index (χ4v) is 2.11. The van der Waals surface area contributed by atoms with Gasteiger partial charge in [0.1, 0.15) is 5.82 Å². The fraction of sp³-hybridized carbons (Fsp3) is 0.417. The Labute approximate surface area is 118 Å². The molecule has 0 bridgehead atoms. The van der Waals surface area contributed by atoms with Gasteiger partial charge in [0, 0.05) is 22.5 Å². The molecule has 0 fully saturated rings. The lowest BCUT2D eigenvalue weighted by atomic mass is 10.0. The highest BCUT2D eigenvalue weighted by Crippen LogP contribution is 2.29. The van der Waals surface area contributed by atoms with Crippen LogP contribution in [0.3, 0.4) is 0 Å². The van der Waals surface area contributed by atoms with Crippen LogP contribution in [0.25, 0.3) is 0 Å². The zero-order valence-corrected chi connectivity index (χ0v) is 12.0. The Kier molecular flexibility index (Phi) is 6.05. The van der Waals surface area contributed by atoms with E-state index < -0.39 is 17.8 Å².